The Hall–Kier alpha value is -1.75. The molecule has 2 atom stereocenters. The van der Waals surface area contributed by atoms with Crippen molar-refractivity contribution in [3.63, 3.8) is 0 Å². The van der Waals surface area contributed by atoms with Gasteiger partial charge < -0.3 is 20.5 Å². The van der Waals surface area contributed by atoms with Crippen LogP contribution in [0, 0.1) is 0 Å². The Morgan fingerprint density at radius 3 is 2.89 bits per heavy atom. The average molecular weight is 264 g/mol. The van der Waals surface area contributed by atoms with Gasteiger partial charge in [-0.15, -0.1) is 0 Å². The van der Waals surface area contributed by atoms with Crippen LogP contribution < -0.4 is 11.1 Å². The van der Waals surface area contributed by atoms with Crippen molar-refractivity contribution in [2.24, 2.45) is 0 Å². The molecular formula is C14H20N2O3. The smallest absolute Gasteiger partial charge is 0.340 e. The molecule has 1 fully saturated rings. The number of nitrogens with two attached hydrogens (primary N) is 1. The van der Waals surface area contributed by atoms with Crippen molar-refractivity contribution in [1.82, 2.24) is 0 Å². The number of nitrogen functional groups attached to an aromatic ring is 1. The van der Waals surface area contributed by atoms with Gasteiger partial charge in [-0.1, -0.05) is 6.07 Å². The van der Waals surface area contributed by atoms with Gasteiger partial charge >= 0.3 is 5.97 Å². The van der Waals surface area contributed by atoms with Gasteiger partial charge in [0.25, 0.3) is 0 Å². The number of nitrogens with one attached hydrogen (secondary N) is 1. The lowest BCUT2D eigenvalue weighted by Gasteiger charge is -2.31. The van der Waals surface area contributed by atoms with E-state index in [1.807, 2.05) is 6.92 Å². The molecule has 1 heterocycles. The van der Waals surface area contributed by atoms with E-state index in [0.717, 1.165) is 6.42 Å². The summed E-state index contributed by atoms with van der Waals surface area (Å²) in [6.45, 7) is 4.78. The van der Waals surface area contributed by atoms with Crippen LogP contribution in [-0.2, 0) is 9.47 Å². The van der Waals surface area contributed by atoms with E-state index in [4.69, 9.17) is 15.2 Å². The first kappa shape index (κ1) is 13.7. The number of hydrogen-bond donors (Lipinski definition) is 2. The number of carbonyl (C=O) groups is 1. The normalized spacial score (nSPS) is 26.2. The Labute approximate surface area is 113 Å². The number of para-hydroxylation sites is 1. The molecule has 1 aliphatic rings. The van der Waals surface area contributed by atoms with E-state index in [-0.39, 0.29) is 11.6 Å². The highest BCUT2D eigenvalue weighted by atomic mass is 16.5. The predicted molar refractivity (Wildman–Crippen MR) is 74.3 cm³/mol. The van der Waals surface area contributed by atoms with Gasteiger partial charge in [0.1, 0.15) is 0 Å². The standard InChI is InChI=1S/C14H20N2O3/c1-9-14(2,7-8-19-9)16-12-10(13(17)18-3)5-4-6-11(12)15/h4-6,9,16H,7-8,15H2,1-3H3. The lowest BCUT2D eigenvalue weighted by Crippen LogP contribution is -2.41. The maximum atomic E-state index is 11.8. The summed E-state index contributed by atoms with van der Waals surface area (Å²) in [5, 5.41) is 3.37. The summed E-state index contributed by atoms with van der Waals surface area (Å²) in [6.07, 6.45) is 0.918. The first-order chi connectivity index (χ1) is 8.98. The molecule has 104 valence electrons. The van der Waals surface area contributed by atoms with E-state index >= 15 is 0 Å². The molecule has 0 saturated carbocycles. The summed E-state index contributed by atoms with van der Waals surface area (Å²) in [6, 6.07) is 5.21. The lowest BCUT2D eigenvalue weighted by atomic mass is 9.93. The fraction of sp³-hybridized carbons (Fsp3) is 0.500. The Balaban J connectivity index is 2.36. The summed E-state index contributed by atoms with van der Waals surface area (Å²) in [4.78, 5) is 11.8. The van der Waals surface area contributed by atoms with Gasteiger partial charge in [0.05, 0.1) is 35.7 Å². The van der Waals surface area contributed by atoms with Crippen molar-refractivity contribution in [1.29, 1.82) is 0 Å². The minimum absolute atomic E-state index is 0.0533. The van der Waals surface area contributed by atoms with Gasteiger partial charge in [-0.2, -0.15) is 0 Å². The van der Waals surface area contributed by atoms with Gasteiger partial charge in [-0.05, 0) is 32.4 Å². The van der Waals surface area contributed by atoms with Crippen molar-refractivity contribution in [3.05, 3.63) is 23.8 Å². The molecular weight excluding hydrogens is 244 g/mol. The third-order valence-electron chi connectivity index (χ3n) is 3.80. The largest absolute Gasteiger partial charge is 0.465 e. The maximum Gasteiger partial charge on any atom is 0.340 e. The molecule has 1 aliphatic heterocycles. The number of rotatable bonds is 3. The van der Waals surface area contributed by atoms with Gasteiger partial charge in [-0.25, -0.2) is 4.79 Å². The molecule has 3 N–H and O–H groups in total. The second-order valence-electron chi connectivity index (χ2n) is 5.07. The van der Waals surface area contributed by atoms with E-state index in [2.05, 4.69) is 12.2 Å². The second-order valence-corrected chi connectivity index (χ2v) is 5.07. The number of ether oxygens (including phenoxy) is 2. The Morgan fingerprint density at radius 1 is 1.58 bits per heavy atom. The molecule has 0 spiro atoms. The first-order valence-electron chi connectivity index (χ1n) is 6.34. The number of hydrogen-bond acceptors (Lipinski definition) is 5. The van der Waals surface area contributed by atoms with Crippen LogP contribution >= 0.6 is 0 Å². The van der Waals surface area contributed by atoms with E-state index < -0.39 is 5.97 Å². The summed E-state index contributed by atoms with van der Waals surface area (Å²) < 4.78 is 10.4. The summed E-state index contributed by atoms with van der Waals surface area (Å²) in [5.41, 5.74) is 7.34. The van der Waals surface area contributed by atoms with Crippen LogP contribution in [0.1, 0.15) is 30.6 Å². The van der Waals surface area contributed by atoms with E-state index in [9.17, 15) is 4.79 Å². The third kappa shape index (κ3) is 2.51. The minimum Gasteiger partial charge on any atom is -0.465 e. The Bertz CT molecular complexity index is 490. The Kier molecular flexibility index (Phi) is 3.66. The molecule has 5 heteroatoms. The number of benzene rings is 1. The van der Waals surface area contributed by atoms with Gasteiger partial charge in [0.15, 0.2) is 0 Å². The van der Waals surface area contributed by atoms with E-state index in [1.54, 1.807) is 18.2 Å². The SMILES string of the molecule is COC(=O)c1cccc(N)c1NC1(C)CCOC1C. The molecule has 19 heavy (non-hydrogen) atoms. The fourth-order valence-electron chi connectivity index (χ4n) is 2.27. The summed E-state index contributed by atoms with van der Waals surface area (Å²) in [7, 11) is 1.36. The van der Waals surface area contributed by atoms with Crippen molar-refractivity contribution in [2.75, 3.05) is 24.8 Å². The average Bonchev–Trinajstić information content (AvgIpc) is 2.71. The Morgan fingerprint density at radius 2 is 2.32 bits per heavy atom. The third-order valence-corrected chi connectivity index (χ3v) is 3.80. The molecule has 1 aromatic rings. The van der Waals surface area contributed by atoms with Crippen LogP contribution in [0.2, 0.25) is 0 Å². The van der Waals surface area contributed by atoms with E-state index in [0.29, 0.717) is 23.5 Å². The van der Waals surface area contributed by atoms with Gasteiger partial charge in [0, 0.05) is 6.61 Å². The molecule has 2 rings (SSSR count). The molecule has 5 nitrogen and oxygen atoms in total. The molecule has 2 unspecified atom stereocenters. The van der Waals surface area contributed by atoms with Gasteiger partial charge in [-0.3, -0.25) is 0 Å². The molecule has 1 aromatic carbocycles. The molecule has 0 aliphatic carbocycles. The zero-order chi connectivity index (χ0) is 14.0. The van der Waals surface area contributed by atoms with Crippen molar-refractivity contribution in [2.45, 2.75) is 31.9 Å². The highest BCUT2D eigenvalue weighted by molar-refractivity contribution is 5.99. The van der Waals surface area contributed by atoms with Gasteiger partial charge in [0.2, 0.25) is 0 Å². The van der Waals surface area contributed by atoms with Crippen molar-refractivity contribution >= 4 is 17.3 Å². The van der Waals surface area contributed by atoms with Crippen LogP contribution in [0.4, 0.5) is 11.4 Å². The van der Waals surface area contributed by atoms with Crippen LogP contribution in [0.15, 0.2) is 18.2 Å². The number of carbonyl (C=O) groups excluding carboxylic acids is 1. The van der Waals surface area contributed by atoms with Crippen molar-refractivity contribution < 1.29 is 14.3 Å². The van der Waals surface area contributed by atoms with Crippen LogP contribution in [0.3, 0.4) is 0 Å². The number of methoxy groups -OCH3 is 1. The van der Waals surface area contributed by atoms with E-state index in [1.165, 1.54) is 7.11 Å². The number of esters is 1. The second kappa shape index (κ2) is 5.09. The maximum absolute atomic E-state index is 11.8. The summed E-state index contributed by atoms with van der Waals surface area (Å²) >= 11 is 0. The predicted octanol–water partition coefficient (Wildman–Crippen LogP) is 2.03. The molecule has 0 aromatic heterocycles. The molecule has 0 amide bonds. The molecule has 0 radical (unpaired) electrons. The summed E-state index contributed by atoms with van der Waals surface area (Å²) in [5.74, 6) is -0.398. The zero-order valence-electron chi connectivity index (χ0n) is 11.5. The van der Waals surface area contributed by atoms with Crippen molar-refractivity contribution in [3.8, 4) is 0 Å². The molecule has 1 saturated heterocycles. The zero-order valence-corrected chi connectivity index (χ0v) is 11.5. The van der Waals surface area contributed by atoms with Crippen LogP contribution in [-0.4, -0.2) is 31.3 Å². The topological polar surface area (TPSA) is 73.6 Å². The molecule has 0 bridgehead atoms. The first-order valence-corrected chi connectivity index (χ1v) is 6.34. The monoisotopic (exact) mass is 264 g/mol. The van der Waals surface area contributed by atoms with Crippen LogP contribution in [0.5, 0.6) is 0 Å². The number of anilines is 2. The fourth-order valence-corrected chi connectivity index (χ4v) is 2.27. The highest BCUT2D eigenvalue weighted by Gasteiger charge is 2.38. The highest BCUT2D eigenvalue weighted by Crippen LogP contribution is 2.34. The lowest BCUT2D eigenvalue weighted by molar-refractivity contribution is 0.0601. The minimum atomic E-state index is -0.398. The van der Waals surface area contributed by atoms with Crippen LogP contribution in [0.25, 0.3) is 0 Å². The quantitative estimate of drug-likeness (QED) is 0.645.